The molecule has 2 aliphatic rings. The summed E-state index contributed by atoms with van der Waals surface area (Å²) in [6, 6.07) is 5.34. The van der Waals surface area contributed by atoms with E-state index in [1.54, 1.807) is 12.1 Å². The highest BCUT2D eigenvalue weighted by atomic mass is 16.5. The van der Waals surface area contributed by atoms with Crippen LogP contribution in [-0.4, -0.2) is 64.3 Å². The molecule has 1 saturated heterocycles. The van der Waals surface area contributed by atoms with Crippen LogP contribution < -0.4 is 10.6 Å². The molecule has 1 saturated carbocycles. The number of hydrogen-bond acceptors (Lipinski definition) is 6. The quantitative estimate of drug-likeness (QED) is 0.217. The lowest BCUT2D eigenvalue weighted by atomic mass is 9.91. The molecule has 184 valence electrons. The number of imide groups is 1. The monoisotopic (exact) mass is 472 g/mol. The Hall–Kier alpha value is -3.27. The Morgan fingerprint density at radius 2 is 1.79 bits per heavy atom. The topological polar surface area (TPSA) is 136 Å². The van der Waals surface area contributed by atoms with E-state index in [1.165, 1.54) is 24.0 Å². The second-order valence-corrected chi connectivity index (χ2v) is 9.08. The van der Waals surface area contributed by atoms with Crippen molar-refractivity contribution >= 4 is 35.7 Å². The summed E-state index contributed by atoms with van der Waals surface area (Å²) in [5, 5.41) is 15.2. The van der Waals surface area contributed by atoms with E-state index in [1.807, 2.05) is 0 Å². The number of nitrogens with zero attached hydrogens (tertiary/aromatic N) is 2. The molecular weight excluding hydrogens is 440 g/mol. The van der Waals surface area contributed by atoms with Crippen molar-refractivity contribution < 1.29 is 29.2 Å². The van der Waals surface area contributed by atoms with Gasteiger partial charge in [0.1, 0.15) is 6.04 Å². The lowest BCUT2D eigenvalue weighted by Gasteiger charge is -2.30. The standard InChI is InChI=1S/C24H32N4O6/c1-16(30)25-20-10-8-18(9-11-20)22(31)26-23(32)21-7-4-12-28(21)24(33)19(14-27(34)15-29)13-17-5-2-3-6-17/h8-11,15,17,19,21,34H,2-7,12-14H2,1H3,(H,25,30)(H,26,31,32)/t19-,21+/m1/s1. The van der Waals surface area contributed by atoms with Crippen molar-refractivity contribution in [3.05, 3.63) is 29.8 Å². The zero-order chi connectivity index (χ0) is 24.7. The van der Waals surface area contributed by atoms with Gasteiger partial charge in [-0.1, -0.05) is 25.7 Å². The van der Waals surface area contributed by atoms with Crippen molar-refractivity contribution in [3.8, 4) is 0 Å². The molecule has 0 unspecified atom stereocenters. The van der Waals surface area contributed by atoms with Crippen molar-refractivity contribution in [2.75, 3.05) is 18.4 Å². The predicted molar refractivity (Wildman–Crippen MR) is 123 cm³/mol. The van der Waals surface area contributed by atoms with Crippen LogP contribution in [0.5, 0.6) is 0 Å². The molecule has 1 aliphatic heterocycles. The van der Waals surface area contributed by atoms with Crippen molar-refractivity contribution in [1.82, 2.24) is 15.3 Å². The summed E-state index contributed by atoms with van der Waals surface area (Å²) in [6.45, 7) is 1.64. The fourth-order valence-electron chi connectivity index (χ4n) is 4.88. The third kappa shape index (κ3) is 6.63. The molecular formula is C24H32N4O6. The van der Waals surface area contributed by atoms with E-state index in [4.69, 9.17) is 0 Å². The van der Waals surface area contributed by atoms with Gasteiger partial charge >= 0.3 is 0 Å². The molecule has 2 fully saturated rings. The van der Waals surface area contributed by atoms with E-state index < -0.39 is 23.8 Å². The fourth-order valence-corrected chi connectivity index (χ4v) is 4.88. The Kier molecular flexibility index (Phi) is 8.75. The Bertz CT molecular complexity index is 913. The summed E-state index contributed by atoms with van der Waals surface area (Å²) in [4.78, 5) is 62.4. The number of carbonyl (C=O) groups excluding carboxylic acids is 5. The molecule has 5 amide bonds. The minimum atomic E-state index is -0.787. The molecule has 3 rings (SSSR count). The van der Waals surface area contributed by atoms with Gasteiger partial charge in [0.25, 0.3) is 5.91 Å². The van der Waals surface area contributed by atoms with E-state index in [0.717, 1.165) is 25.7 Å². The first-order chi connectivity index (χ1) is 16.3. The first kappa shape index (κ1) is 25.4. The zero-order valence-corrected chi connectivity index (χ0v) is 19.4. The van der Waals surface area contributed by atoms with Gasteiger partial charge in [-0.25, -0.2) is 5.06 Å². The summed E-state index contributed by atoms with van der Waals surface area (Å²) >= 11 is 0. The molecule has 1 aliphatic carbocycles. The van der Waals surface area contributed by atoms with Gasteiger partial charge in [0.15, 0.2) is 0 Å². The Morgan fingerprint density at radius 3 is 2.41 bits per heavy atom. The lowest BCUT2D eigenvalue weighted by molar-refractivity contribution is -0.158. The van der Waals surface area contributed by atoms with Crippen LogP contribution in [-0.2, 0) is 19.2 Å². The van der Waals surface area contributed by atoms with E-state index in [2.05, 4.69) is 10.6 Å². The van der Waals surface area contributed by atoms with Crippen LogP contribution in [0.2, 0.25) is 0 Å². The Morgan fingerprint density at radius 1 is 1.12 bits per heavy atom. The van der Waals surface area contributed by atoms with Gasteiger partial charge < -0.3 is 10.2 Å². The second kappa shape index (κ2) is 11.7. The van der Waals surface area contributed by atoms with Crippen molar-refractivity contribution in [2.24, 2.45) is 11.8 Å². The van der Waals surface area contributed by atoms with Crippen molar-refractivity contribution in [2.45, 2.75) is 57.9 Å². The maximum Gasteiger partial charge on any atom is 0.257 e. The first-order valence-corrected chi connectivity index (χ1v) is 11.7. The van der Waals surface area contributed by atoms with Crippen LogP contribution in [0.3, 0.4) is 0 Å². The SMILES string of the molecule is CC(=O)Nc1ccc(C(=O)NC(=O)[C@@H]2CCCN2C(=O)[C@H](CC2CCCC2)CN(O)C=O)cc1. The van der Waals surface area contributed by atoms with Crippen LogP contribution in [0.15, 0.2) is 24.3 Å². The average Bonchev–Trinajstić information content (AvgIpc) is 3.50. The van der Waals surface area contributed by atoms with E-state index >= 15 is 0 Å². The molecule has 10 nitrogen and oxygen atoms in total. The molecule has 10 heteroatoms. The summed E-state index contributed by atoms with van der Waals surface area (Å²) < 4.78 is 0. The normalized spacial score (nSPS) is 18.9. The summed E-state index contributed by atoms with van der Waals surface area (Å²) in [5.41, 5.74) is 0.781. The van der Waals surface area contributed by atoms with Crippen molar-refractivity contribution in [1.29, 1.82) is 0 Å². The highest BCUT2D eigenvalue weighted by Crippen LogP contribution is 2.32. The first-order valence-electron chi connectivity index (χ1n) is 11.7. The molecule has 1 heterocycles. The third-order valence-corrected chi connectivity index (χ3v) is 6.51. The van der Waals surface area contributed by atoms with Gasteiger partial charge in [-0.2, -0.15) is 0 Å². The molecule has 34 heavy (non-hydrogen) atoms. The van der Waals surface area contributed by atoms with Crippen LogP contribution in [0.25, 0.3) is 0 Å². The molecule has 1 aromatic rings. The molecule has 0 spiro atoms. The molecule has 3 N–H and O–H groups in total. The Balaban J connectivity index is 1.65. The zero-order valence-electron chi connectivity index (χ0n) is 19.4. The number of benzene rings is 1. The minimum absolute atomic E-state index is 0.122. The molecule has 0 bridgehead atoms. The maximum atomic E-state index is 13.4. The molecule has 1 aromatic carbocycles. The number of hydrogen-bond donors (Lipinski definition) is 3. The van der Waals surface area contributed by atoms with E-state index in [9.17, 15) is 29.2 Å². The number of carbonyl (C=O) groups is 5. The van der Waals surface area contributed by atoms with Gasteiger partial charge in [-0.3, -0.25) is 34.5 Å². The second-order valence-electron chi connectivity index (χ2n) is 9.08. The Labute approximate surface area is 198 Å². The average molecular weight is 473 g/mol. The van der Waals surface area contributed by atoms with Gasteiger partial charge in [-0.05, 0) is 49.4 Å². The molecule has 0 radical (unpaired) electrons. The van der Waals surface area contributed by atoms with E-state index in [0.29, 0.717) is 42.5 Å². The highest BCUT2D eigenvalue weighted by molar-refractivity contribution is 6.07. The number of likely N-dealkylation sites (tertiary alicyclic amines) is 1. The largest absolute Gasteiger partial charge is 0.330 e. The summed E-state index contributed by atoms with van der Waals surface area (Å²) in [6.07, 6.45) is 6.10. The predicted octanol–water partition coefficient (Wildman–Crippen LogP) is 1.94. The highest BCUT2D eigenvalue weighted by Gasteiger charge is 2.39. The number of hydroxylamine groups is 2. The lowest BCUT2D eigenvalue weighted by Crippen LogP contribution is -2.50. The fraction of sp³-hybridized carbons (Fsp3) is 0.542. The third-order valence-electron chi connectivity index (χ3n) is 6.51. The number of nitrogens with one attached hydrogen (secondary N) is 2. The number of anilines is 1. The summed E-state index contributed by atoms with van der Waals surface area (Å²) in [5.74, 6) is -1.92. The maximum absolute atomic E-state index is 13.4. The number of rotatable bonds is 9. The van der Waals surface area contributed by atoms with Gasteiger partial charge in [-0.15, -0.1) is 0 Å². The van der Waals surface area contributed by atoms with Crippen LogP contribution in [0, 0.1) is 11.8 Å². The van der Waals surface area contributed by atoms with Gasteiger partial charge in [0, 0.05) is 24.7 Å². The van der Waals surface area contributed by atoms with Crippen LogP contribution >= 0.6 is 0 Å². The van der Waals surface area contributed by atoms with Crippen LogP contribution in [0.4, 0.5) is 5.69 Å². The summed E-state index contributed by atoms with van der Waals surface area (Å²) in [7, 11) is 0. The van der Waals surface area contributed by atoms with Gasteiger partial charge in [0.2, 0.25) is 24.1 Å². The molecule has 2 atom stereocenters. The smallest absolute Gasteiger partial charge is 0.257 e. The minimum Gasteiger partial charge on any atom is -0.330 e. The van der Waals surface area contributed by atoms with Crippen molar-refractivity contribution in [3.63, 3.8) is 0 Å². The molecule has 0 aromatic heterocycles. The number of amides is 5. The van der Waals surface area contributed by atoms with Gasteiger partial charge in [0.05, 0.1) is 12.5 Å². The van der Waals surface area contributed by atoms with E-state index in [-0.39, 0.29) is 30.3 Å². The van der Waals surface area contributed by atoms with Crippen LogP contribution in [0.1, 0.15) is 62.2 Å².